The van der Waals surface area contributed by atoms with Crippen molar-refractivity contribution in [3.63, 3.8) is 0 Å². The van der Waals surface area contributed by atoms with Crippen molar-refractivity contribution in [3.05, 3.63) is 29.8 Å². The van der Waals surface area contributed by atoms with Gasteiger partial charge in [0.1, 0.15) is 6.61 Å². The molecule has 6 heteroatoms. The Kier molecular flexibility index (Phi) is 8.80. The first kappa shape index (κ1) is 17.1. The van der Waals surface area contributed by atoms with Crippen LogP contribution in [0.25, 0.3) is 0 Å². The van der Waals surface area contributed by atoms with Crippen LogP contribution >= 0.6 is 0 Å². The fraction of sp³-hybridized carbons (Fsp3) is 0.467. The minimum atomic E-state index is -0.237. The number of nitrogens with one attached hydrogen (secondary N) is 1. The number of hydrogen-bond donors (Lipinski definition) is 1. The molecule has 1 aromatic carbocycles. The summed E-state index contributed by atoms with van der Waals surface area (Å²) in [6.45, 7) is 2.09. The number of carbonyl (C=O) groups is 1. The van der Waals surface area contributed by atoms with Gasteiger partial charge >= 0.3 is 0 Å². The molecule has 0 unspecified atom stereocenters. The minimum absolute atomic E-state index is 0.0264. The van der Waals surface area contributed by atoms with Crippen LogP contribution in [-0.2, 0) is 19.0 Å². The van der Waals surface area contributed by atoms with E-state index in [-0.39, 0.29) is 12.5 Å². The monoisotopic (exact) mass is 292 g/mol. The molecule has 0 saturated heterocycles. The molecule has 0 aliphatic heterocycles. The molecule has 6 nitrogen and oxygen atoms in total. The van der Waals surface area contributed by atoms with Crippen molar-refractivity contribution >= 4 is 11.6 Å². The zero-order valence-electron chi connectivity index (χ0n) is 12.1. The van der Waals surface area contributed by atoms with Crippen LogP contribution in [0.5, 0.6) is 0 Å². The van der Waals surface area contributed by atoms with Crippen molar-refractivity contribution in [3.8, 4) is 6.07 Å². The average molecular weight is 292 g/mol. The number of nitrogens with zero attached hydrogens (tertiary/aromatic N) is 1. The van der Waals surface area contributed by atoms with Gasteiger partial charge in [0.05, 0.1) is 24.8 Å². The van der Waals surface area contributed by atoms with Gasteiger partial charge in [0.2, 0.25) is 5.91 Å². The molecular formula is C15H20N2O4. The number of hydrogen-bond acceptors (Lipinski definition) is 5. The van der Waals surface area contributed by atoms with Crippen LogP contribution in [0.15, 0.2) is 24.3 Å². The van der Waals surface area contributed by atoms with E-state index in [1.807, 2.05) is 6.07 Å². The van der Waals surface area contributed by atoms with E-state index in [0.29, 0.717) is 37.7 Å². The number of anilines is 1. The summed E-state index contributed by atoms with van der Waals surface area (Å²) in [5, 5.41) is 11.4. The van der Waals surface area contributed by atoms with Crippen LogP contribution in [0, 0.1) is 11.3 Å². The van der Waals surface area contributed by atoms with Gasteiger partial charge in [-0.2, -0.15) is 5.26 Å². The summed E-state index contributed by atoms with van der Waals surface area (Å²) in [6.07, 6.45) is 0.843. The fourth-order valence-corrected chi connectivity index (χ4v) is 1.52. The summed E-state index contributed by atoms with van der Waals surface area (Å²) in [4.78, 5) is 11.6. The zero-order chi connectivity index (χ0) is 15.3. The number of carbonyl (C=O) groups excluding carboxylic acids is 1. The lowest BCUT2D eigenvalue weighted by molar-refractivity contribution is -0.121. The van der Waals surface area contributed by atoms with Crippen molar-refractivity contribution in [1.82, 2.24) is 0 Å². The highest BCUT2D eigenvalue weighted by molar-refractivity contribution is 5.91. The fourth-order valence-electron chi connectivity index (χ4n) is 1.52. The maximum absolute atomic E-state index is 11.6. The van der Waals surface area contributed by atoms with Crippen molar-refractivity contribution in [2.45, 2.75) is 6.42 Å². The third kappa shape index (κ3) is 8.05. The van der Waals surface area contributed by atoms with Crippen LogP contribution in [-0.4, -0.2) is 46.1 Å². The van der Waals surface area contributed by atoms with Gasteiger partial charge in [-0.05, 0) is 30.7 Å². The zero-order valence-corrected chi connectivity index (χ0v) is 12.1. The molecule has 0 aliphatic rings. The minimum Gasteiger partial charge on any atom is -0.385 e. The summed E-state index contributed by atoms with van der Waals surface area (Å²) < 4.78 is 15.4. The number of benzene rings is 1. The Morgan fingerprint density at radius 1 is 1.14 bits per heavy atom. The summed E-state index contributed by atoms with van der Waals surface area (Å²) in [5.74, 6) is -0.237. The van der Waals surface area contributed by atoms with Crippen LogP contribution < -0.4 is 5.32 Å². The molecular weight excluding hydrogens is 272 g/mol. The van der Waals surface area contributed by atoms with E-state index in [9.17, 15) is 4.79 Å². The Morgan fingerprint density at radius 2 is 1.86 bits per heavy atom. The number of amides is 1. The second-order valence-corrected chi connectivity index (χ2v) is 4.25. The normalized spacial score (nSPS) is 10.1. The maximum atomic E-state index is 11.6. The van der Waals surface area contributed by atoms with E-state index in [2.05, 4.69) is 5.32 Å². The molecule has 21 heavy (non-hydrogen) atoms. The molecule has 0 spiro atoms. The molecule has 1 N–H and O–H groups in total. The molecule has 0 atom stereocenters. The summed E-state index contributed by atoms with van der Waals surface area (Å²) in [6, 6.07) is 8.65. The van der Waals surface area contributed by atoms with Gasteiger partial charge in [-0.15, -0.1) is 0 Å². The van der Waals surface area contributed by atoms with Crippen molar-refractivity contribution < 1.29 is 19.0 Å². The van der Waals surface area contributed by atoms with Crippen LogP contribution in [0.1, 0.15) is 12.0 Å². The number of rotatable bonds is 10. The lowest BCUT2D eigenvalue weighted by Crippen LogP contribution is -2.19. The van der Waals surface area contributed by atoms with Gasteiger partial charge in [-0.1, -0.05) is 0 Å². The van der Waals surface area contributed by atoms with Gasteiger partial charge in [0, 0.05) is 26.0 Å². The van der Waals surface area contributed by atoms with Crippen molar-refractivity contribution in [1.29, 1.82) is 5.26 Å². The molecule has 0 radical (unpaired) electrons. The van der Waals surface area contributed by atoms with E-state index in [4.69, 9.17) is 19.5 Å². The lowest BCUT2D eigenvalue weighted by atomic mass is 10.2. The quantitative estimate of drug-likeness (QED) is 0.662. The molecule has 114 valence electrons. The molecule has 0 aromatic heterocycles. The first-order valence-corrected chi connectivity index (χ1v) is 6.70. The number of nitriles is 1. The molecule has 0 aliphatic carbocycles. The van der Waals surface area contributed by atoms with E-state index >= 15 is 0 Å². The van der Waals surface area contributed by atoms with Gasteiger partial charge in [0.25, 0.3) is 0 Å². The third-order valence-corrected chi connectivity index (χ3v) is 2.54. The third-order valence-electron chi connectivity index (χ3n) is 2.54. The van der Waals surface area contributed by atoms with Crippen LogP contribution in [0.2, 0.25) is 0 Å². The molecule has 1 amide bonds. The average Bonchev–Trinajstić information content (AvgIpc) is 2.50. The first-order chi connectivity index (χ1) is 10.3. The molecule has 0 heterocycles. The van der Waals surface area contributed by atoms with Crippen molar-refractivity contribution in [2.75, 3.05) is 45.5 Å². The van der Waals surface area contributed by atoms with E-state index in [1.54, 1.807) is 31.4 Å². The Labute approximate surface area is 124 Å². The second kappa shape index (κ2) is 10.8. The summed E-state index contributed by atoms with van der Waals surface area (Å²) >= 11 is 0. The predicted molar refractivity (Wildman–Crippen MR) is 77.9 cm³/mol. The highest BCUT2D eigenvalue weighted by Crippen LogP contribution is 2.08. The van der Waals surface area contributed by atoms with Crippen molar-refractivity contribution in [2.24, 2.45) is 0 Å². The Bertz CT molecular complexity index is 454. The van der Waals surface area contributed by atoms with E-state index in [1.165, 1.54) is 0 Å². The number of methoxy groups -OCH3 is 1. The highest BCUT2D eigenvalue weighted by Gasteiger charge is 2.02. The second-order valence-electron chi connectivity index (χ2n) is 4.25. The Hall–Kier alpha value is -1.94. The van der Waals surface area contributed by atoms with Gasteiger partial charge in [-0.3, -0.25) is 4.79 Å². The molecule has 1 aromatic rings. The van der Waals surface area contributed by atoms with E-state index < -0.39 is 0 Å². The molecule has 0 fully saturated rings. The molecule has 0 saturated carbocycles. The largest absolute Gasteiger partial charge is 0.385 e. The SMILES string of the molecule is COCCCOCCOCC(=O)Nc1ccc(C#N)cc1. The lowest BCUT2D eigenvalue weighted by Gasteiger charge is -2.07. The summed E-state index contributed by atoms with van der Waals surface area (Å²) in [7, 11) is 1.65. The van der Waals surface area contributed by atoms with Gasteiger partial charge in [-0.25, -0.2) is 0 Å². The standard InChI is InChI=1S/C15H20N2O4/c1-19-7-2-8-20-9-10-21-12-15(18)17-14-5-3-13(11-16)4-6-14/h3-6H,2,7-10,12H2,1H3,(H,17,18). The summed E-state index contributed by atoms with van der Waals surface area (Å²) in [5.41, 5.74) is 1.19. The Balaban J connectivity index is 2.07. The van der Waals surface area contributed by atoms with Crippen LogP contribution in [0.4, 0.5) is 5.69 Å². The topological polar surface area (TPSA) is 80.6 Å². The predicted octanol–water partition coefficient (Wildman–Crippen LogP) is 1.57. The smallest absolute Gasteiger partial charge is 0.250 e. The van der Waals surface area contributed by atoms with E-state index in [0.717, 1.165) is 6.42 Å². The molecule has 1 rings (SSSR count). The maximum Gasteiger partial charge on any atom is 0.250 e. The molecule has 0 bridgehead atoms. The van der Waals surface area contributed by atoms with Gasteiger partial charge in [0.15, 0.2) is 0 Å². The van der Waals surface area contributed by atoms with Crippen LogP contribution in [0.3, 0.4) is 0 Å². The highest BCUT2D eigenvalue weighted by atomic mass is 16.5. The number of ether oxygens (including phenoxy) is 3. The van der Waals surface area contributed by atoms with Gasteiger partial charge < -0.3 is 19.5 Å². The first-order valence-electron chi connectivity index (χ1n) is 6.70. The Morgan fingerprint density at radius 3 is 2.52 bits per heavy atom.